The van der Waals surface area contributed by atoms with Crippen LogP contribution in [0.5, 0.6) is 0 Å². The highest BCUT2D eigenvalue weighted by Crippen LogP contribution is 2.17. The summed E-state index contributed by atoms with van der Waals surface area (Å²) in [6, 6.07) is 8.47. The van der Waals surface area contributed by atoms with Gasteiger partial charge in [-0.05, 0) is 45.9 Å². The Hall–Kier alpha value is -2.92. The maximum absolute atomic E-state index is 12.7. The lowest BCUT2D eigenvalue weighted by Crippen LogP contribution is -2.39. The van der Waals surface area contributed by atoms with E-state index in [1.165, 1.54) is 11.3 Å². The molecule has 0 spiro atoms. The standard InChI is InChI=1S/C19H23N5O2S/c1-12(2)21-18(25)16-11-27-17(23-16)10-24(13(3)4)19(26)22-15-7-5-6-14(8-15)9-20/h5-8,11-13H,10H2,1-4H3,(H,21,25)(H,22,26). The Morgan fingerprint density at radius 3 is 2.67 bits per heavy atom. The van der Waals surface area contributed by atoms with Gasteiger partial charge in [-0.25, -0.2) is 9.78 Å². The second-order valence-corrected chi connectivity index (χ2v) is 7.54. The van der Waals surface area contributed by atoms with Gasteiger partial charge >= 0.3 is 6.03 Å². The van der Waals surface area contributed by atoms with Crippen LogP contribution < -0.4 is 10.6 Å². The van der Waals surface area contributed by atoms with E-state index in [2.05, 4.69) is 15.6 Å². The average Bonchev–Trinajstić information content (AvgIpc) is 3.07. The van der Waals surface area contributed by atoms with Crippen molar-refractivity contribution in [1.82, 2.24) is 15.2 Å². The van der Waals surface area contributed by atoms with Crippen LogP contribution in [-0.2, 0) is 6.54 Å². The molecule has 0 aliphatic carbocycles. The molecule has 0 aliphatic rings. The number of amides is 3. The third kappa shape index (κ3) is 5.79. The number of anilines is 1. The molecule has 142 valence electrons. The fraction of sp³-hybridized carbons (Fsp3) is 0.368. The van der Waals surface area contributed by atoms with Crippen molar-refractivity contribution in [3.63, 3.8) is 0 Å². The summed E-state index contributed by atoms with van der Waals surface area (Å²) >= 11 is 1.34. The number of hydrogen-bond donors (Lipinski definition) is 2. The van der Waals surface area contributed by atoms with Crippen molar-refractivity contribution in [3.8, 4) is 6.07 Å². The lowest BCUT2D eigenvalue weighted by Gasteiger charge is -2.26. The molecule has 0 saturated carbocycles. The molecule has 0 unspecified atom stereocenters. The normalized spacial score (nSPS) is 10.6. The van der Waals surface area contributed by atoms with Gasteiger partial charge in [0, 0.05) is 23.2 Å². The molecule has 2 aromatic rings. The van der Waals surface area contributed by atoms with Gasteiger partial charge in [0.2, 0.25) is 0 Å². The number of carbonyl (C=O) groups is 2. The molecule has 0 bridgehead atoms. The van der Waals surface area contributed by atoms with Crippen LogP contribution in [0.3, 0.4) is 0 Å². The third-order valence-corrected chi connectivity index (χ3v) is 4.47. The van der Waals surface area contributed by atoms with Gasteiger partial charge in [0.1, 0.15) is 10.7 Å². The van der Waals surface area contributed by atoms with Crippen LogP contribution in [0.4, 0.5) is 10.5 Å². The first-order valence-corrected chi connectivity index (χ1v) is 9.51. The molecule has 8 heteroatoms. The fourth-order valence-electron chi connectivity index (χ4n) is 2.32. The fourth-order valence-corrected chi connectivity index (χ4v) is 3.09. The molecule has 1 heterocycles. The number of nitrogens with zero attached hydrogens (tertiary/aromatic N) is 3. The Labute approximate surface area is 163 Å². The second kappa shape index (κ2) is 9.14. The Morgan fingerprint density at radius 1 is 1.30 bits per heavy atom. The van der Waals surface area contributed by atoms with Crippen LogP contribution in [-0.4, -0.2) is 33.9 Å². The number of urea groups is 1. The van der Waals surface area contributed by atoms with E-state index >= 15 is 0 Å². The molecule has 0 aliphatic heterocycles. The summed E-state index contributed by atoms with van der Waals surface area (Å²) in [6.45, 7) is 7.88. The topological polar surface area (TPSA) is 98.1 Å². The largest absolute Gasteiger partial charge is 0.349 e. The van der Waals surface area contributed by atoms with Crippen molar-refractivity contribution in [3.05, 3.63) is 45.9 Å². The summed E-state index contributed by atoms with van der Waals surface area (Å²) in [5.74, 6) is -0.221. The van der Waals surface area contributed by atoms with E-state index in [0.717, 1.165) is 0 Å². The molecule has 0 radical (unpaired) electrons. The Balaban J connectivity index is 2.09. The van der Waals surface area contributed by atoms with E-state index in [4.69, 9.17) is 5.26 Å². The van der Waals surface area contributed by atoms with Crippen molar-refractivity contribution in [2.75, 3.05) is 5.32 Å². The lowest BCUT2D eigenvalue weighted by molar-refractivity contribution is 0.0938. The van der Waals surface area contributed by atoms with Crippen molar-refractivity contribution in [2.24, 2.45) is 0 Å². The molecule has 1 aromatic carbocycles. The number of benzene rings is 1. The molecule has 0 fully saturated rings. The molecule has 2 rings (SSSR count). The highest BCUT2D eigenvalue weighted by Gasteiger charge is 2.20. The van der Waals surface area contributed by atoms with Crippen LogP contribution in [0.15, 0.2) is 29.6 Å². The molecule has 27 heavy (non-hydrogen) atoms. The number of aromatic nitrogens is 1. The van der Waals surface area contributed by atoms with E-state index < -0.39 is 0 Å². The third-order valence-electron chi connectivity index (χ3n) is 3.64. The van der Waals surface area contributed by atoms with Gasteiger partial charge in [0.25, 0.3) is 5.91 Å². The van der Waals surface area contributed by atoms with Crippen LogP contribution >= 0.6 is 11.3 Å². The summed E-state index contributed by atoms with van der Waals surface area (Å²) in [7, 11) is 0. The molecule has 7 nitrogen and oxygen atoms in total. The van der Waals surface area contributed by atoms with Gasteiger partial charge < -0.3 is 15.5 Å². The quantitative estimate of drug-likeness (QED) is 0.794. The SMILES string of the molecule is CC(C)NC(=O)c1csc(CN(C(=O)Nc2cccc(C#N)c2)C(C)C)n1. The van der Waals surface area contributed by atoms with Crippen LogP contribution in [0.25, 0.3) is 0 Å². The van der Waals surface area contributed by atoms with E-state index in [1.54, 1.807) is 34.5 Å². The summed E-state index contributed by atoms with van der Waals surface area (Å²) in [5.41, 5.74) is 1.39. The van der Waals surface area contributed by atoms with E-state index in [1.807, 2.05) is 33.8 Å². The van der Waals surface area contributed by atoms with Crippen LogP contribution in [0.2, 0.25) is 0 Å². The number of nitriles is 1. The predicted molar refractivity (Wildman–Crippen MR) is 106 cm³/mol. The second-order valence-electron chi connectivity index (χ2n) is 6.60. The minimum atomic E-state index is -0.288. The van der Waals surface area contributed by atoms with Crippen LogP contribution in [0, 0.1) is 11.3 Å². The van der Waals surface area contributed by atoms with Crippen molar-refractivity contribution < 1.29 is 9.59 Å². The van der Waals surface area contributed by atoms with E-state index in [9.17, 15) is 9.59 Å². The van der Waals surface area contributed by atoms with Gasteiger partial charge in [-0.15, -0.1) is 11.3 Å². The molecule has 0 saturated heterocycles. The van der Waals surface area contributed by atoms with Gasteiger partial charge in [-0.3, -0.25) is 4.79 Å². The number of thiazole rings is 1. The maximum atomic E-state index is 12.7. The summed E-state index contributed by atoms with van der Waals surface area (Å²) < 4.78 is 0. The summed E-state index contributed by atoms with van der Waals surface area (Å²) in [6.07, 6.45) is 0. The zero-order valence-corrected chi connectivity index (χ0v) is 16.6. The molecular weight excluding hydrogens is 362 g/mol. The van der Waals surface area contributed by atoms with Crippen molar-refractivity contribution in [2.45, 2.75) is 46.3 Å². The van der Waals surface area contributed by atoms with E-state index in [-0.39, 0.29) is 24.0 Å². The lowest BCUT2D eigenvalue weighted by atomic mass is 10.2. The molecule has 2 N–H and O–H groups in total. The molecule has 1 aromatic heterocycles. The van der Waals surface area contributed by atoms with Crippen molar-refractivity contribution in [1.29, 1.82) is 5.26 Å². The van der Waals surface area contributed by atoms with Gasteiger partial charge in [0.05, 0.1) is 18.2 Å². The monoisotopic (exact) mass is 385 g/mol. The average molecular weight is 385 g/mol. The first-order valence-electron chi connectivity index (χ1n) is 8.63. The Bertz CT molecular complexity index is 854. The Morgan fingerprint density at radius 2 is 2.04 bits per heavy atom. The van der Waals surface area contributed by atoms with Gasteiger partial charge in [-0.2, -0.15) is 5.26 Å². The minimum absolute atomic E-state index is 0.0322. The van der Waals surface area contributed by atoms with E-state index in [0.29, 0.717) is 28.5 Å². The number of rotatable bonds is 6. The highest BCUT2D eigenvalue weighted by molar-refractivity contribution is 7.09. The number of hydrogen-bond acceptors (Lipinski definition) is 5. The maximum Gasteiger partial charge on any atom is 0.322 e. The number of nitrogens with one attached hydrogen (secondary N) is 2. The predicted octanol–water partition coefficient (Wildman–Crippen LogP) is 3.60. The first-order chi connectivity index (χ1) is 12.8. The Kier molecular flexibility index (Phi) is 6.91. The van der Waals surface area contributed by atoms with Crippen LogP contribution in [0.1, 0.15) is 48.8 Å². The summed E-state index contributed by atoms with van der Waals surface area (Å²) in [4.78, 5) is 30.7. The molecule has 0 atom stereocenters. The molecular formula is C19H23N5O2S. The van der Waals surface area contributed by atoms with Gasteiger partial charge in [0.15, 0.2) is 0 Å². The van der Waals surface area contributed by atoms with Crippen molar-refractivity contribution >= 4 is 29.0 Å². The molecule has 3 amide bonds. The highest BCUT2D eigenvalue weighted by atomic mass is 32.1. The smallest absolute Gasteiger partial charge is 0.322 e. The zero-order chi connectivity index (χ0) is 20.0. The number of carbonyl (C=O) groups excluding carboxylic acids is 2. The zero-order valence-electron chi connectivity index (χ0n) is 15.8. The minimum Gasteiger partial charge on any atom is -0.349 e. The first kappa shape index (κ1) is 20.4. The summed E-state index contributed by atoms with van der Waals surface area (Å²) in [5, 5.41) is 17.0. The van der Waals surface area contributed by atoms with Gasteiger partial charge in [-0.1, -0.05) is 6.07 Å².